The van der Waals surface area contributed by atoms with E-state index in [1.165, 1.54) is 0 Å². The van der Waals surface area contributed by atoms with Crippen molar-refractivity contribution in [3.8, 4) is 0 Å². The summed E-state index contributed by atoms with van der Waals surface area (Å²) >= 11 is 0. The van der Waals surface area contributed by atoms with Crippen molar-refractivity contribution >= 4 is 13.8 Å². The predicted octanol–water partition coefficient (Wildman–Crippen LogP) is -1.33. The standard InChI is InChI=1S/C8H18NO8P/c9-7(8(12)13)2-4-17-18(14,15)16-3-1-6(11)5-10/h6-7,10-11H,1-5,9H2,(H,12,13)(H,14,15)/t6-,7+/m0/s1. The Bertz CT molecular complexity index is 299. The van der Waals surface area contributed by atoms with E-state index < -0.39 is 32.5 Å². The molecule has 0 aliphatic carbocycles. The summed E-state index contributed by atoms with van der Waals surface area (Å²) in [5.74, 6) is -1.24. The fourth-order valence-corrected chi connectivity index (χ4v) is 1.60. The molecule has 0 fully saturated rings. The van der Waals surface area contributed by atoms with Gasteiger partial charge in [0.05, 0.1) is 25.9 Å². The molecular formula is C8H18NO8P. The maximum atomic E-state index is 11.2. The van der Waals surface area contributed by atoms with Gasteiger partial charge in [0.15, 0.2) is 0 Å². The maximum absolute atomic E-state index is 11.2. The number of phosphoric ester groups is 1. The van der Waals surface area contributed by atoms with Crippen LogP contribution in [0.1, 0.15) is 12.8 Å². The molecule has 18 heavy (non-hydrogen) atoms. The van der Waals surface area contributed by atoms with Crippen molar-refractivity contribution < 1.29 is 38.6 Å². The average Bonchev–Trinajstić information content (AvgIpc) is 2.27. The van der Waals surface area contributed by atoms with Crippen LogP contribution < -0.4 is 5.73 Å². The number of hydrogen-bond donors (Lipinski definition) is 5. The third-order valence-electron chi connectivity index (χ3n) is 1.92. The van der Waals surface area contributed by atoms with Gasteiger partial charge in [0, 0.05) is 0 Å². The second kappa shape index (κ2) is 8.54. The van der Waals surface area contributed by atoms with E-state index in [0.717, 1.165) is 0 Å². The smallest absolute Gasteiger partial charge is 0.472 e. The maximum Gasteiger partial charge on any atom is 0.472 e. The van der Waals surface area contributed by atoms with Gasteiger partial charge in [0.25, 0.3) is 0 Å². The van der Waals surface area contributed by atoms with Crippen molar-refractivity contribution in [3.05, 3.63) is 0 Å². The molecule has 0 saturated carbocycles. The van der Waals surface area contributed by atoms with Crippen LogP contribution in [0.2, 0.25) is 0 Å². The molecule has 0 rings (SSSR count). The quantitative estimate of drug-likeness (QED) is 0.306. The van der Waals surface area contributed by atoms with Crippen molar-refractivity contribution in [1.82, 2.24) is 0 Å². The Balaban J connectivity index is 3.80. The minimum atomic E-state index is -4.29. The van der Waals surface area contributed by atoms with Crippen LogP contribution >= 0.6 is 7.82 Å². The van der Waals surface area contributed by atoms with Crippen molar-refractivity contribution in [1.29, 1.82) is 0 Å². The molecular weight excluding hydrogens is 269 g/mol. The van der Waals surface area contributed by atoms with E-state index in [2.05, 4.69) is 9.05 Å². The zero-order valence-electron chi connectivity index (χ0n) is 9.64. The molecule has 108 valence electrons. The molecule has 0 bridgehead atoms. The van der Waals surface area contributed by atoms with E-state index >= 15 is 0 Å². The Kier molecular flexibility index (Phi) is 8.29. The van der Waals surface area contributed by atoms with Gasteiger partial charge in [0.2, 0.25) is 0 Å². The first-order valence-electron chi connectivity index (χ1n) is 5.17. The summed E-state index contributed by atoms with van der Waals surface area (Å²) in [6.07, 6.45) is -1.20. The molecule has 0 heterocycles. The molecule has 0 aromatic rings. The highest BCUT2D eigenvalue weighted by Gasteiger charge is 2.22. The average molecular weight is 287 g/mol. The summed E-state index contributed by atoms with van der Waals surface area (Å²) < 4.78 is 20.2. The van der Waals surface area contributed by atoms with Crippen molar-refractivity contribution in [2.75, 3.05) is 19.8 Å². The summed E-state index contributed by atoms with van der Waals surface area (Å²) in [6, 6.07) is -1.18. The van der Waals surface area contributed by atoms with E-state index in [4.69, 9.17) is 25.9 Å². The van der Waals surface area contributed by atoms with Crippen LogP contribution in [0.25, 0.3) is 0 Å². The number of aliphatic hydroxyl groups excluding tert-OH is 2. The van der Waals surface area contributed by atoms with Gasteiger partial charge in [-0.05, 0) is 12.8 Å². The highest BCUT2D eigenvalue weighted by atomic mass is 31.2. The summed E-state index contributed by atoms with van der Waals surface area (Å²) in [7, 11) is -4.29. The van der Waals surface area contributed by atoms with Crippen LogP contribution in [0.4, 0.5) is 0 Å². The molecule has 0 spiro atoms. The van der Waals surface area contributed by atoms with Crippen LogP contribution in [0.15, 0.2) is 0 Å². The van der Waals surface area contributed by atoms with Crippen molar-refractivity contribution in [3.63, 3.8) is 0 Å². The monoisotopic (exact) mass is 287 g/mol. The molecule has 6 N–H and O–H groups in total. The van der Waals surface area contributed by atoms with E-state index in [1.807, 2.05) is 0 Å². The van der Waals surface area contributed by atoms with Gasteiger partial charge in [-0.15, -0.1) is 0 Å². The molecule has 0 aliphatic rings. The Morgan fingerprint density at radius 1 is 1.28 bits per heavy atom. The van der Waals surface area contributed by atoms with Gasteiger partial charge in [-0.25, -0.2) is 4.57 Å². The number of carboxylic acid groups (broad SMARTS) is 1. The molecule has 9 nitrogen and oxygen atoms in total. The number of nitrogens with two attached hydrogens (primary N) is 1. The van der Waals surface area contributed by atoms with Crippen LogP contribution in [0, 0.1) is 0 Å². The fraction of sp³-hybridized carbons (Fsp3) is 0.875. The lowest BCUT2D eigenvalue weighted by molar-refractivity contribution is -0.138. The summed E-state index contributed by atoms with van der Waals surface area (Å²) in [5, 5.41) is 25.9. The van der Waals surface area contributed by atoms with Crippen LogP contribution in [0.3, 0.4) is 0 Å². The molecule has 0 saturated heterocycles. The Morgan fingerprint density at radius 3 is 2.22 bits per heavy atom. The normalized spacial score (nSPS) is 18.0. The van der Waals surface area contributed by atoms with Gasteiger partial charge in [0.1, 0.15) is 6.04 Å². The molecule has 0 aromatic carbocycles. The number of phosphoric acid groups is 1. The first-order valence-corrected chi connectivity index (χ1v) is 6.67. The van der Waals surface area contributed by atoms with Gasteiger partial charge in [-0.1, -0.05) is 0 Å². The number of rotatable bonds is 10. The lowest BCUT2D eigenvalue weighted by Crippen LogP contribution is -2.31. The number of carbonyl (C=O) groups is 1. The molecule has 1 unspecified atom stereocenters. The van der Waals surface area contributed by atoms with E-state index in [9.17, 15) is 9.36 Å². The summed E-state index contributed by atoms with van der Waals surface area (Å²) in [4.78, 5) is 19.5. The van der Waals surface area contributed by atoms with E-state index in [1.54, 1.807) is 0 Å². The number of aliphatic carboxylic acids is 1. The predicted molar refractivity (Wildman–Crippen MR) is 59.7 cm³/mol. The first-order chi connectivity index (χ1) is 8.28. The molecule has 0 aromatic heterocycles. The second-order valence-electron chi connectivity index (χ2n) is 3.49. The minimum absolute atomic E-state index is 0.0287. The number of carboxylic acids is 1. The van der Waals surface area contributed by atoms with E-state index in [-0.39, 0.29) is 26.1 Å². The van der Waals surface area contributed by atoms with Gasteiger partial charge in [-0.3, -0.25) is 13.8 Å². The van der Waals surface area contributed by atoms with Gasteiger partial charge >= 0.3 is 13.8 Å². The minimum Gasteiger partial charge on any atom is -0.480 e. The highest BCUT2D eigenvalue weighted by Crippen LogP contribution is 2.43. The zero-order valence-corrected chi connectivity index (χ0v) is 10.5. The van der Waals surface area contributed by atoms with Crippen molar-refractivity contribution in [2.24, 2.45) is 5.73 Å². The third kappa shape index (κ3) is 8.54. The van der Waals surface area contributed by atoms with Crippen LogP contribution in [0.5, 0.6) is 0 Å². The summed E-state index contributed by atoms with van der Waals surface area (Å²) in [5.41, 5.74) is 5.15. The van der Waals surface area contributed by atoms with Gasteiger partial charge < -0.3 is 25.9 Å². The highest BCUT2D eigenvalue weighted by molar-refractivity contribution is 7.47. The lowest BCUT2D eigenvalue weighted by atomic mass is 10.2. The number of hydrogen-bond acceptors (Lipinski definition) is 7. The Labute approximate surface area is 104 Å². The lowest BCUT2D eigenvalue weighted by Gasteiger charge is -2.14. The molecule has 0 amide bonds. The van der Waals surface area contributed by atoms with Gasteiger partial charge in [-0.2, -0.15) is 0 Å². The number of aliphatic hydroxyl groups is 2. The SMILES string of the molecule is N[C@H](CCOP(=O)(O)OCC[C@H](O)CO)C(=O)O. The second-order valence-corrected chi connectivity index (χ2v) is 4.95. The van der Waals surface area contributed by atoms with Crippen LogP contribution in [-0.2, 0) is 18.4 Å². The first kappa shape index (κ1) is 17.5. The summed E-state index contributed by atoms with van der Waals surface area (Å²) in [6.45, 7) is -1.10. The Hall–Kier alpha value is -0.540. The molecule has 0 radical (unpaired) electrons. The Morgan fingerprint density at radius 2 is 1.78 bits per heavy atom. The largest absolute Gasteiger partial charge is 0.480 e. The van der Waals surface area contributed by atoms with Crippen molar-refractivity contribution in [2.45, 2.75) is 25.0 Å². The molecule has 10 heteroatoms. The molecule has 0 aliphatic heterocycles. The topological polar surface area (TPSA) is 160 Å². The third-order valence-corrected chi connectivity index (χ3v) is 2.93. The van der Waals surface area contributed by atoms with E-state index in [0.29, 0.717) is 0 Å². The zero-order chi connectivity index (χ0) is 14.2. The van der Waals surface area contributed by atoms with Crippen LogP contribution in [-0.4, -0.2) is 58.1 Å². The molecule has 3 atom stereocenters. The fourth-order valence-electron chi connectivity index (χ4n) is 0.851.